The van der Waals surface area contributed by atoms with Crippen LogP contribution in [0.25, 0.3) is 17.0 Å². The molecule has 2 rings (SSSR count). The minimum atomic E-state index is -0.460. The largest absolute Gasteiger partial charge is 0.368 e. The molecule has 0 aliphatic carbocycles. The van der Waals surface area contributed by atoms with E-state index in [1.165, 1.54) is 13.1 Å². The van der Waals surface area contributed by atoms with E-state index in [0.717, 1.165) is 10.9 Å². The lowest BCUT2D eigenvalue weighted by Gasteiger charge is -2.00. The van der Waals surface area contributed by atoms with E-state index in [9.17, 15) is 9.59 Å². The summed E-state index contributed by atoms with van der Waals surface area (Å²) in [6.07, 6.45) is 3.20. The molecule has 6 heteroatoms. The number of hydrogen-bond donors (Lipinski definition) is 2. The van der Waals surface area contributed by atoms with Gasteiger partial charge in [-0.3, -0.25) is 9.59 Å². The minimum absolute atomic E-state index is 0.000483. The van der Waals surface area contributed by atoms with E-state index < -0.39 is 11.8 Å². The van der Waals surface area contributed by atoms with Crippen LogP contribution in [0.3, 0.4) is 0 Å². The van der Waals surface area contributed by atoms with Gasteiger partial charge in [0.1, 0.15) is 18.2 Å². The van der Waals surface area contributed by atoms with Crippen LogP contribution in [-0.2, 0) is 16.1 Å². The second-order valence-electron chi connectivity index (χ2n) is 4.44. The fourth-order valence-corrected chi connectivity index (χ4v) is 2.13. The number of carbonyl (C=O) groups excluding carboxylic acids is 2. The summed E-state index contributed by atoms with van der Waals surface area (Å²) < 4.78 is 1.70. The summed E-state index contributed by atoms with van der Waals surface area (Å²) in [4.78, 5) is 22.7. The monoisotopic (exact) mass is 282 g/mol. The van der Waals surface area contributed by atoms with Crippen LogP contribution < -0.4 is 11.1 Å². The van der Waals surface area contributed by atoms with Crippen LogP contribution in [0.2, 0.25) is 0 Å². The number of primary amides is 1. The average Bonchev–Trinajstić information content (AvgIpc) is 2.81. The molecule has 0 atom stereocenters. The van der Waals surface area contributed by atoms with E-state index in [4.69, 9.17) is 11.0 Å². The Morgan fingerprint density at radius 2 is 2.14 bits per heavy atom. The van der Waals surface area contributed by atoms with Crippen molar-refractivity contribution in [1.29, 1.82) is 5.26 Å². The zero-order chi connectivity index (χ0) is 15.4. The zero-order valence-electron chi connectivity index (χ0n) is 11.5. The molecule has 1 aromatic carbocycles. The molecule has 0 saturated carbocycles. The SMILES string of the molecule is CNC(=O)C(C#N)=Cc1cn(CC(N)=O)c2ccccc12. The van der Waals surface area contributed by atoms with Crippen LogP contribution in [0.15, 0.2) is 36.0 Å². The molecule has 0 unspecified atom stereocenters. The summed E-state index contributed by atoms with van der Waals surface area (Å²) in [5.41, 5.74) is 6.73. The van der Waals surface area contributed by atoms with Crippen molar-refractivity contribution in [3.8, 4) is 6.07 Å². The van der Waals surface area contributed by atoms with Crippen LogP contribution in [-0.4, -0.2) is 23.4 Å². The maximum absolute atomic E-state index is 11.6. The fourth-order valence-electron chi connectivity index (χ4n) is 2.13. The van der Waals surface area contributed by atoms with Crippen LogP contribution in [0.5, 0.6) is 0 Å². The highest BCUT2D eigenvalue weighted by atomic mass is 16.2. The molecule has 0 radical (unpaired) electrons. The van der Waals surface area contributed by atoms with E-state index in [0.29, 0.717) is 5.56 Å². The molecule has 2 amide bonds. The average molecular weight is 282 g/mol. The van der Waals surface area contributed by atoms with Gasteiger partial charge in [0.05, 0.1) is 0 Å². The fraction of sp³-hybridized carbons (Fsp3) is 0.133. The van der Waals surface area contributed by atoms with Crippen molar-refractivity contribution in [2.45, 2.75) is 6.54 Å². The number of amides is 2. The van der Waals surface area contributed by atoms with Crippen LogP contribution in [0.1, 0.15) is 5.56 Å². The first kappa shape index (κ1) is 14.3. The maximum Gasteiger partial charge on any atom is 0.261 e. The molecular weight excluding hydrogens is 268 g/mol. The van der Waals surface area contributed by atoms with Crippen molar-refractivity contribution in [1.82, 2.24) is 9.88 Å². The van der Waals surface area contributed by atoms with Gasteiger partial charge in [0.15, 0.2) is 0 Å². The Morgan fingerprint density at radius 3 is 2.76 bits per heavy atom. The van der Waals surface area contributed by atoms with E-state index in [-0.39, 0.29) is 12.1 Å². The molecule has 106 valence electrons. The summed E-state index contributed by atoms with van der Waals surface area (Å²) in [5.74, 6) is -0.915. The number of fused-ring (bicyclic) bond motifs is 1. The van der Waals surface area contributed by atoms with E-state index in [1.807, 2.05) is 30.3 Å². The van der Waals surface area contributed by atoms with Gasteiger partial charge in [-0.2, -0.15) is 5.26 Å². The normalized spacial score (nSPS) is 11.1. The summed E-state index contributed by atoms with van der Waals surface area (Å²) in [6.45, 7) is 0.0379. The highest BCUT2D eigenvalue weighted by molar-refractivity contribution is 6.04. The lowest BCUT2D eigenvalue weighted by molar-refractivity contribution is -0.118. The van der Waals surface area contributed by atoms with E-state index >= 15 is 0 Å². The topological polar surface area (TPSA) is 101 Å². The molecule has 0 bridgehead atoms. The Kier molecular flexibility index (Phi) is 4.05. The molecule has 6 nitrogen and oxygen atoms in total. The highest BCUT2D eigenvalue weighted by Crippen LogP contribution is 2.23. The molecule has 21 heavy (non-hydrogen) atoms. The first-order valence-electron chi connectivity index (χ1n) is 6.27. The minimum Gasteiger partial charge on any atom is -0.368 e. The summed E-state index contributed by atoms with van der Waals surface area (Å²) in [7, 11) is 1.46. The standard InChI is InChI=1S/C15H14N4O2/c1-18-15(21)10(7-16)6-11-8-19(9-14(17)20)13-5-3-2-4-12(11)13/h2-6,8H,9H2,1H3,(H2,17,20)(H,18,21). The molecular formula is C15H14N4O2. The number of benzene rings is 1. The Labute approximate surface area is 121 Å². The van der Waals surface area contributed by atoms with Gasteiger partial charge in [0.2, 0.25) is 5.91 Å². The Balaban J connectivity index is 2.59. The number of para-hydroxylation sites is 1. The molecule has 0 spiro atoms. The van der Waals surface area contributed by atoms with Crippen molar-refractivity contribution < 1.29 is 9.59 Å². The first-order valence-corrected chi connectivity index (χ1v) is 6.27. The molecule has 3 N–H and O–H groups in total. The molecule has 2 aromatic rings. The van der Waals surface area contributed by atoms with Crippen LogP contribution in [0.4, 0.5) is 0 Å². The number of nitrogens with one attached hydrogen (secondary N) is 1. The third kappa shape index (κ3) is 2.92. The summed E-state index contributed by atoms with van der Waals surface area (Å²) >= 11 is 0. The van der Waals surface area contributed by atoms with Crippen LogP contribution in [0, 0.1) is 11.3 Å². The Morgan fingerprint density at radius 1 is 1.43 bits per heavy atom. The zero-order valence-corrected chi connectivity index (χ0v) is 11.5. The number of nitrogens with two attached hydrogens (primary N) is 1. The second kappa shape index (κ2) is 5.92. The lowest BCUT2D eigenvalue weighted by Crippen LogP contribution is -2.19. The molecule has 1 aromatic heterocycles. The van der Waals surface area contributed by atoms with Crippen molar-refractivity contribution in [2.75, 3.05) is 7.05 Å². The smallest absolute Gasteiger partial charge is 0.261 e. The van der Waals surface area contributed by atoms with Gasteiger partial charge in [-0.15, -0.1) is 0 Å². The van der Waals surface area contributed by atoms with E-state index in [2.05, 4.69) is 5.32 Å². The van der Waals surface area contributed by atoms with Crippen molar-refractivity contribution >= 4 is 28.8 Å². The highest BCUT2D eigenvalue weighted by Gasteiger charge is 2.11. The molecule has 1 heterocycles. The van der Waals surface area contributed by atoms with Crippen molar-refractivity contribution in [3.63, 3.8) is 0 Å². The number of rotatable bonds is 4. The summed E-state index contributed by atoms with van der Waals surface area (Å²) in [6, 6.07) is 9.26. The third-order valence-corrected chi connectivity index (χ3v) is 3.04. The quantitative estimate of drug-likeness (QED) is 0.640. The summed E-state index contributed by atoms with van der Waals surface area (Å²) in [5, 5.41) is 12.3. The lowest BCUT2D eigenvalue weighted by atomic mass is 10.1. The number of hydrogen-bond acceptors (Lipinski definition) is 3. The Hall–Kier alpha value is -3.07. The maximum atomic E-state index is 11.6. The number of carbonyl (C=O) groups is 2. The van der Waals surface area contributed by atoms with Gasteiger partial charge in [-0.1, -0.05) is 18.2 Å². The van der Waals surface area contributed by atoms with Gasteiger partial charge in [-0.25, -0.2) is 0 Å². The molecule has 0 aliphatic heterocycles. The molecule has 0 aliphatic rings. The van der Waals surface area contributed by atoms with Gasteiger partial charge >= 0.3 is 0 Å². The molecule has 0 fully saturated rings. The number of aromatic nitrogens is 1. The Bertz CT molecular complexity index is 781. The second-order valence-corrected chi connectivity index (χ2v) is 4.44. The van der Waals surface area contributed by atoms with Gasteiger partial charge in [0, 0.05) is 29.7 Å². The van der Waals surface area contributed by atoms with Gasteiger partial charge in [0.25, 0.3) is 5.91 Å². The van der Waals surface area contributed by atoms with E-state index in [1.54, 1.807) is 10.8 Å². The van der Waals surface area contributed by atoms with Crippen molar-refractivity contribution in [2.24, 2.45) is 5.73 Å². The predicted molar refractivity (Wildman–Crippen MR) is 78.8 cm³/mol. The predicted octanol–water partition coefficient (Wildman–Crippen LogP) is 0.780. The first-order chi connectivity index (χ1) is 10.1. The number of nitrogens with zero attached hydrogens (tertiary/aromatic N) is 2. The third-order valence-electron chi connectivity index (χ3n) is 3.04. The van der Waals surface area contributed by atoms with Crippen LogP contribution >= 0.6 is 0 Å². The molecule has 0 saturated heterocycles. The van der Waals surface area contributed by atoms with Gasteiger partial charge in [-0.05, 0) is 12.1 Å². The van der Waals surface area contributed by atoms with Gasteiger partial charge < -0.3 is 15.6 Å². The number of likely N-dealkylation sites (N-methyl/N-ethyl adjacent to an activating group) is 1. The van der Waals surface area contributed by atoms with Crippen molar-refractivity contribution in [3.05, 3.63) is 41.6 Å². The number of nitriles is 1.